The Kier molecular flexibility index (Phi) is 3.66. The van der Waals surface area contributed by atoms with Gasteiger partial charge in [0.1, 0.15) is 0 Å². The molecule has 0 saturated carbocycles. The molecule has 1 aliphatic rings. The first-order chi connectivity index (χ1) is 10.1. The van der Waals surface area contributed by atoms with Crippen LogP contribution < -0.4 is 10.6 Å². The molecule has 2 aromatic carbocycles. The molecule has 0 bridgehead atoms. The summed E-state index contributed by atoms with van der Waals surface area (Å²) in [4.78, 5) is 12.0. The van der Waals surface area contributed by atoms with Gasteiger partial charge in [-0.05, 0) is 48.4 Å². The largest absolute Gasteiger partial charge is 0.322 e. The molecule has 21 heavy (non-hydrogen) atoms. The molecule has 5 heteroatoms. The molecule has 0 fully saturated rings. The second kappa shape index (κ2) is 5.61. The van der Waals surface area contributed by atoms with Crippen molar-refractivity contribution in [1.29, 1.82) is 0 Å². The third-order valence-electron chi connectivity index (χ3n) is 3.55. The average molecular weight is 288 g/mol. The Bertz CT molecular complexity index is 701. The minimum atomic E-state index is -1.13. The summed E-state index contributed by atoms with van der Waals surface area (Å²) in [5.74, 6) is -2.82. The predicted octanol–water partition coefficient (Wildman–Crippen LogP) is 2.86. The summed E-state index contributed by atoms with van der Waals surface area (Å²) in [5, 5.41) is 5.85. The zero-order valence-corrected chi connectivity index (χ0v) is 11.2. The number of hydrogen-bond donors (Lipinski definition) is 2. The first kappa shape index (κ1) is 13.7. The molecule has 0 unspecified atom stereocenters. The Morgan fingerprint density at radius 1 is 1.14 bits per heavy atom. The van der Waals surface area contributed by atoms with Crippen molar-refractivity contribution in [2.45, 2.75) is 13.0 Å². The van der Waals surface area contributed by atoms with Gasteiger partial charge >= 0.3 is 0 Å². The summed E-state index contributed by atoms with van der Waals surface area (Å²) in [6, 6.07) is 9.14. The third-order valence-corrected chi connectivity index (χ3v) is 3.55. The Labute approximate surface area is 121 Å². The lowest BCUT2D eigenvalue weighted by Crippen LogP contribution is -2.24. The topological polar surface area (TPSA) is 41.1 Å². The van der Waals surface area contributed by atoms with Crippen molar-refractivity contribution in [1.82, 2.24) is 5.32 Å². The summed E-state index contributed by atoms with van der Waals surface area (Å²) >= 11 is 0. The number of halogens is 2. The fraction of sp³-hybridized carbons (Fsp3) is 0.188. The maximum atomic E-state index is 13.6. The van der Waals surface area contributed by atoms with Crippen molar-refractivity contribution in [2.24, 2.45) is 0 Å². The summed E-state index contributed by atoms with van der Waals surface area (Å²) in [7, 11) is 0. The molecule has 1 aliphatic heterocycles. The van der Waals surface area contributed by atoms with E-state index in [-0.39, 0.29) is 5.56 Å². The van der Waals surface area contributed by atoms with E-state index in [9.17, 15) is 13.6 Å². The van der Waals surface area contributed by atoms with E-state index in [1.54, 1.807) is 6.07 Å². The van der Waals surface area contributed by atoms with Crippen LogP contribution >= 0.6 is 0 Å². The highest BCUT2D eigenvalue weighted by molar-refractivity contribution is 6.04. The van der Waals surface area contributed by atoms with Crippen LogP contribution in [0.15, 0.2) is 36.4 Å². The van der Waals surface area contributed by atoms with Gasteiger partial charge in [0.05, 0.1) is 5.56 Å². The van der Waals surface area contributed by atoms with Gasteiger partial charge in [0.2, 0.25) is 0 Å². The van der Waals surface area contributed by atoms with Crippen molar-refractivity contribution >= 4 is 11.6 Å². The lowest BCUT2D eigenvalue weighted by Gasteiger charge is -2.18. The predicted molar refractivity (Wildman–Crippen MR) is 76.2 cm³/mol. The number of nitrogens with one attached hydrogen (secondary N) is 2. The summed E-state index contributed by atoms with van der Waals surface area (Å²) in [6.45, 7) is 1.68. The molecule has 0 aromatic heterocycles. The molecule has 2 aromatic rings. The van der Waals surface area contributed by atoms with E-state index in [0.29, 0.717) is 5.69 Å². The molecule has 2 N–H and O–H groups in total. The van der Waals surface area contributed by atoms with Crippen LogP contribution in [0.4, 0.5) is 14.5 Å². The fourth-order valence-electron chi connectivity index (χ4n) is 2.44. The molecule has 0 atom stereocenters. The van der Waals surface area contributed by atoms with Crippen LogP contribution in [-0.4, -0.2) is 12.5 Å². The van der Waals surface area contributed by atoms with E-state index in [4.69, 9.17) is 0 Å². The van der Waals surface area contributed by atoms with E-state index in [0.717, 1.165) is 31.1 Å². The van der Waals surface area contributed by atoms with Crippen molar-refractivity contribution in [2.75, 3.05) is 11.9 Å². The van der Waals surface area contributed by atoms with Gasteiger partial charge in [0.15, 0.2) is 11.6 Å². The molecule has 0 spiro atoms. The molecule has 3 rings (SSSR count). The maximum Gasteiger partial charge on any atom is 0.258 e. The number of anilines is 1. The molecule has 3 nitrogen and oxygen atoms in total. The van der Waals surface area contributed by atoms with Crippen LogP contribution in [0.2, 0.25) is 0 Å². The zero-order valence-electron chi connectivity index (χ0n) is 11.2. The van der Waals surface area contributed by atoms with Gasteiger partial charge in [-0.15, -0.1) is 0 Å². The van der Waals surface area contributed by atoms with Crippen LogP contribution in [0.5, 0.6) is 0 Å². The summed E-state index contributed by atoms with van der Waals surface area (Å²) in [5.41, 5.74) is 2.62. The minimum absolute atomic E-state index is 0.300. The van der Waals surface area contributed by atoms with Crippen LogP contribution in [0.1, 0.15) is 21.5 Å². The van der Waals surface area contributed by atoms with Gasteiger partial charge in [0, 0.05) is 12.2 Å². The maximum absolute atomic E-state index is 13.6. The molecule has 0 saturated heterocycles. The SMILES string of the molecule is O=C(Nc1ccc2c(c1)CNCC2)c1cccc(F)c1F. The molecule has 0 aliphatic carbocycles. The van der Waals surface area contributed by atoms with E-state index in [1.807, 2.05) is 12.1 Å². The third kappa shape index (κ3) is 2.78. The molecule has 108 valence electrons. The van der Waals surface area contributed by atoms with Gasteiger partial charge in [-0.3, -0.25) is 4.79 Å². The normalized spacial score (nSPS) is 13.6. The van der Waals surface area contributed by atoms with Gasteiger partial charge < -0.3 is 10.6 Å². The number of fused-ring (bicyclic) bond motifs is 1. The molecule has 0 radical (unpaired) electrons. The quantitative estimate of drug-likeness (QED) is 0.892. The number of benzene rings is 2. The Morgan fingerprint density at radius 3 is 2.86 bits per heavy atom. The Hall–Kier alpha value is -2.27. The number of rotatable bonds is 2. The number of carbonyl (C=O) groups is 1. The van der Waals surface area contributed by atoms with Crippen LogP contribution in [0.3, 0.4) is 0 Å². The van der Waals surface area contributed by atoms with Crippen molar-refractivity contribution in [3.63, 3.8) is 0 Å². The van der Waals surface area contributed by atoms with Crippen LogP contribution in [0.25, 0.3) is 0 Å². The van der Waals surface area contributed by atoms with E-state index in [2.05, 4.69) is 10.6 Å². The van der Waals surface area contributed by atoms with Gasteiger partial charge in [0.25, 0.3) is 5.91 Å². The lowest BCUT2D eigenvalue weighted by molar-refractivity contribution is 0.102. The van der Waals surface area contributed by atoms with Gasteiger partial charge in [-0.2, -0.15) is 0 Å². The lowest BCUT2D eigenvalue weighted by atomic mass is 10.0. The van der Waals surface area contributed by atoms with Gasteiger partial charge in [-0.25, -0.2) is 8.78 Å². The standard InChI is InChI=1S/C16H14F2N2O/c17-14-3-1-2-13(15(14)18)16(21)20-12-5-4-10-6-7-19-9-11(10)8-12/h1-5,8,19H,6-7,9H2,(H,20,21). The first-order valence-electron chi connectivity index (χ1n) is 6.73. The van der Waals surface area contributed by atoms with Crippen molar-refractivity contribution < 1.29 is 13.6 Å². The zero-order chi connectivity index (χ0) is 14.8. The molecular formula is C16H14F2N2O. The first-order valence-corrected chi connectivity index (χ1v) is 6.73. The second-order valence-electron chi connectivity index (χ2n) is 4.97. The second-order valence-corrected chi connectivity index (χ2v) is 4.97. The van der Waals surface area contributed by atoms with Gasteiger partial charge in [-0.1, -0.05) is 12.1 Å². The highest BCUT2D eigenvalue weighted by atomic mass is 19.2. The Morgan fingerprint density at radius 2 is 2.00 bits per heavy atom. The highest BCUT2D eigenvalue weighted by Gasteiger charge is 2.16. The Balaban J connectivity index is 1.83. The highest BCUT2D eigenvalue weighted by Crippen LogP contribution is 2.20. The summed E-state index contributed by atoms with van der Waals surface area (Å²) < 4.78 is 26.7. The van der Waals surface area contributed by atoms with Crippen LogP contribution in [0, 0.1) is 11.6 Å². The van der Waals surface area contributed by atoms with Crippen molar-refractivity contribution in [3.8, 4) is 0 Å². The smallest absolute Gasteiger partial charge is 0.258 e. The van der Waals surface area contributed by atoms with Crippen molar-refractivity contribution in [3.05, 3.63) is 64.7 Å². The van der Waals surface area contributed by atoms with E-state index >= 15 is 0 Å². The van der Waals surface area contributed by atoms with E-state index < -0.39 is 17.5 Å². The number of hydrogen-bond acceptors (Lipinski definition) is 2. The molecule has 1 heterocycles. The fourth-order valence-corrected chi connectivity index (χ4v) is 2.44. The van der Waals surface area contributed by atoms with Crippen LogP contribution in [-0.2, 0) is 13.0 Å². The molecular weight excluding hydrogens is 274 g/mol. The monoisotopic (exact) mass is 288 g/mol. The molecule has 1 amide bonds. The number of carbonyl (C=O) groups excluding carboxylic acids is 1. The minimum Gasteiger partial charge on any atom is -0.322 e. The summed E-state index contributed by atoms with van der Waals surface area (Å²) in [6.07, 6.45) is 0.947. The number of amides is 1. The van der Waals surface area contributed by atoms with E-state index in [1.165, 1.54) is 17.7 Å². The average Bonchev–Trinajstić information content (AvgIpc) is 2.50.